The van der Waals surface area contributed by atoms with Gasteiger partial charge in [-0.1, -0.05) is 11.6 Å². The normalized spacial score (nSPS) is 15.9. The molecule has 1 aromatic heterocycles. The van der Waals surface area contributed by atoms with Crippen molar-refractivity contribution in [2.24, 2.45) is 0 Å². The van der Waals surface area contributed by atoms with E-state index in [0.717, 1.165) is 10.1 Å². The molecule has 1 N–H and O–H groups in total. The minimum atomic E-state index is -3.30. The SMILES string of the molecule is CCOP(C)(=O)C(C(=O)O)c1csc2ccc(Cl)cc12. The van der Waals surface area contributed by atoms with Crippen molar-refractivity contribution in [1.29, 1.82) is 0 Å². The summed E-state index contributed by atoms with van der Waals surface area (Å²) in [6.45, 7) is 3.27. The van der Waals surface area contributed by atoms with Crippen molar-refractivity contribution < 1.29 is 19.0 Å². The van der Waals surface area contributed by atoms with E-state index in [1.807, 2.05) is 6.07 Å². The molecule has 0 saturated carbocycles. The van der Waals surface area contributed by atoms with E-state index in [0.29, 0.717) is 10.6 Å². The van der Waals surface area contributed by atoms with Crippen LogP contribution in [0.4, 0.5) is 0 Å². The summed E-state index contributed by atoms with van der Waals surface area (Å²) in [5.41, 5.74) is -0.672. The molecule has 0 radical (unpaired) electrons. The van der Waals surface area contributed by atoms with Crippen LogP contribution in [-0.2, 0) is 13.9 Å². The van der Waals surface area contributed by atoms with Gasteiger partial charge < -0.3 is 9.63 Å². The largest absolute Gasteiger partial charge is 0.480 e. The van der Waals surface area contributed by atoms with Gasteiger partial charge in [0.25, 0.3) is 0 Å². The Morgan fingerprint density at radius 1 is 1.55 bits per heavy atom. The maximum Gasteiger partial charge on any atom is 0.320 e. The van der Waals surface area contributed by atoms with Crippen LogP contribution in [0.5, 0.6) is 0 Å². The van der Waals surface area contributed by atoms with Crippen molar-refractivity contribution in [2.75, 3.05) is 13.3 Å². The van der Waals surface area contributed by atoms with Gasteiger partial charge in [0.1, 0.15) is 0 Å². The number of carboxylic acids is 1. The first kappa shape index (κ1) is 15.5. The summed E-state index contributed by atoms with van der Waals surface area (Å²) in [4.78, 5) is 11.6. The highest BCUT2D eigenvalue weighted by atomic mass is 35.5. The maximum atomic E-state index is 12.6. The molecular weight excluding hydrogens is 319 g/mol. The third-order valence-corrected chi connectivity index (χ3v) is 6.37. The molecule has 0 aliphatic heterocycles. The zero-order valence-corrected chi connectivity index (χ0v) is 13.5. The van der Waals surface area contributed by atoms with Crippen LogP contribution in [0.25, 0.3) is 10.1 Å². The monoisotopic (exact) mass is 332 g/mol. The third kappa shape index (κ3) is 2.91. The van der Waals surface area contributed by atoms with Gasteiger partial charge in [-0.25, -0.2) is 0 Å². The second kappa shape index (κ2) is 5.86. The fourth-order valence-electron chi connectivity index (χ4n) is 2.15. The lowest BCUT2D eigenvalue weighted by Crippen LogP contribution is -2.13. The van der Waals surface area contributed by atoms with Gasteiger partial charge in [0.05, 0.1) is 6.61 Å². The number of benzene rings is 1. The van der Waals surface area contributed by atoms with Crippen molar-refractivity contribution in [3.05, 3.63) is 34.2 Å². The van der Waals surface area contributed by atoms with E-state index in [-0.39, 0.29) is 6.61 Å². The van der Waals surface area contributed by atoms with Gasteiger partial charge in [0.15, 0.2) is 5.66 Å². The molecule has 4 nitrogen and oxygen atoms in total. The van der Waals surface area contributed by atoms with Crippen LogP contribution in [0.15, 0.2) is 23.6 Å². The second-order valence-corrected chi connectivity index (χ2v) is 8.34. The van der Waals surface area contributed by atoms with Crippen LogP contribution < -0.4 is 0 Å². The van der Waals surface area contributed by atoms with Gasteiger partial charge in [-0.15, -0.1) is 11.3 Å². The number of halogens is 1. The molecule has 2 unspecified atom stereocenters. The number of hydrogen-bond acceptors (Lipinski definition) is 4. The Hall–Kier alpha value is -0.870. The standard InChI is InChI=1S/C13H14ClO4PS/c1-3-18-19(2,17)12(13(15)16)10-7-20-11-5-4-8(14)6-9(10)11/h4-7,12H,3H2,1-2H3,(H,15,16). The van der Waals surface area contributed by atoms with E-state index in [4.69, 9.17) is 16.1 Å². The van der Waals surface area contributed by atoms with E-state index >= 15 is 0 Å². The van der Waals surface area contributed by atoms with Crippen molar-refractivity contribution >= 4 is 46.4 Å². The van der Waals surface area contributed by atoms with E-state index in [1.165, 1.54) is 18.0 Å². The van der Waals surface area contributed by atoms with Crippen molar-refractivity contribution in [3.63, 3.8) is 0 Å². The molecule has 0 aliphatic carbocycles. The average molecular weight is 333 g/mol. The smallest absolute Gasteiger partial charge is 0.320 e. The van der Waals surface area contributed by atoms with Crippen LogP contribution in [-0.4, -0.2) is 24.3 Å². The minimum Gasteiger partial charge on any atom is -0.480 e. The molecule has 0 aliphatic rings. The summed E-state index contributed by atoms with van der Waals surface area (Å²) >= 11 is 7.37. The molecule has 0 spiro atoms. The molecule has 0 bridgehead atoms. The predicted molar refractivity (Wildman–Crippen MR) is 82.4 cm³/mol. The first-order valence-electron chi connectivity index (χ1n) is 5.98. The van der Waals surface area contributed by atoms with Gasteiger partial charge in [0, 0.05) is 16.4 Å². The Kier molecular flexibility index (Phi) is 4.55. The van der Waals surface area contributed by atoms with Gasteiger partial charge >= 0.3 is 5.97 Å². The van der Waals surface area contributed by atoms with Crippen LogP contribution in [0, 0.1) is 0 Å². The zero-order valence-electron chi connectivity index (χ0n) is 11.0. The molecule has 0 amide bonds. The Bertz CT molecular complexity index is 697. The van der Waals surface area contributed by atoms with Crippen LogP contribution in [0.2, 0.25) is 5.02 Å². The van der Waals surface area contributed by atoms with Gasteiger partial charge in [0.2, 0.25) is 7.37 Å². The first-order valence-corrected chi connectivity index (χ1v) is 9.38. The summed E-state index contributed by atoms with van der Waals surface area (Å²) in [6, 6.07) is 5.27. The molecule has 0 saturated heterocycles. The molecular formula is C13H14ClO4PS. The molecule has 7 heteroatoms. The number of carboxylic acid groups (broad SMARTS) is 1. The van der Waals surface area contributed by atoms with Crippen molar-refractivity contribution in [3.8, 4) is 0 Å². The Morgan fingerprint density at radius 2 is 2.25 bits per heavy atom. The topological polar surface area (TPSA) is 63.6 Å². The number of carbonyl (C=O) groups is 1. The highest BCUT2D eigenvalue weighted by molar-refractivity contribution is 7.59. The molecule has 0 fully saturated rings. The number of thiophene rings is 1. The molecule has 1 aromatic carbocycles. The fraction of sp³-hybridized carbons (Fsp3) is 0.308. The van der Waals surface area contributed by atoms with Crippen LogP contribution >= 0.6 is 30.3 Å². The maximum absolute atomic E-state index is 12.6. The van der Waals surface area contributed by atoms with E-state index in [1.54, 1.807) is 24.4 Å². The number of aliphatic carboxylic acids is 1. The molecule has 2 aromatic rings. The summed E-state index contributed by atoms with van der Waals surface area (Å²) in [5, 5.41) is 12.4. The molecule has 2 rings (SSSR count). The summed E-state index contributed by atoms with van der Waals surface area (Å²) in [5.74, 6) is -1.15. The van der Waals surface area contributed by atoms with Crippen LogP contribution in [0.3, 0.4) is 0 Å². The molecule has 20 heavy (non-hydrogen) atoms. The van der Waals surface area contributed by atoms with E-state index < -0.39 is 19.0 Å². The molecule has 1 heterocycles. The summed E-state index contributed by atoms with van der Waals surface area (Å²) < 4.78 is 18.7. The average Bonchev–Trinajstić information content (AvgIpc) is 2.71. The lowest BCUT2D eigenvalue weighted by atomic mass is 10.1. The van der Waals surface area contributed by atoms with Gasteiger partial charge in [-0.3, -0.25) is 9.36 Å². The van der Waals surface area contributed by atoms with Crippen LogP contribution in [0.1, 0.15) is 18.1 Å². The third-order valence-electron chi connectivity index (χ3n) is 2.95. The number of fused-ring (bicyclic) bond motifs is 1. The van der Waals surface area contributed by atoms with Crippen molar-refractivity contribution in [1.82, 2.24) is 0 Å². The van der Waals surface area contributed by atoms with E-state index in [2.05, 4.69) is 0 Å². The number of hydrogen-bond donors (Lipinski definition) is 1. The predicted octanol–water partition coefficient (Wildman–Crippen LogP) is 4.62. The lowest BCUT2D eigenvalue weighted by molar-refractivity contribution is -0.136. The first-order chi connectivity index (χ1) is 9.36. The Morgan fingerprint density at radius 3 is 2.85 bits per heavy atom. The second-order valence-electron chi connectivity index (χ2n) is 4.40. The lowest BCUT2D eigenvalue weighted by Gasteiger charge is -2.20. The highest BCUT2D eigenvalue weighted by Gasteiger charge is 2.38. The summed E-state index contributed by atoms with van der Waals surface area (Å²) in [7, 11) is -3.30. The summed E-state index contributed by atoms with van der Waals surface area (Å²) in [6.07, 6.45) is 0. The Labute approximate surface area is 125 Å². The van der Waals surface area contributed by atoms with E-state index in [9.17, 15) is 14.5 Å². The minimum absolute atomic E-state index is 0.209. The Balaban J connectivity index is 2.61. The number of rotatable bonds is 5. The quantitative estimate of drug-likeness (QED) is 0.811. The van der Waals surface area contributed by atoms with Gasteiger partial charge in [-0.05, 0) is 41.5 Å². The molecule has 2 atom stereocenters. The molecule has 108 valence electrons. The highest BCUT2D eigenvalue weighted by Crippen LogP contribution is 2.58. The fourth-order valence-corrected chi connectivity index (χ4v) is 5.17. The zero-order chi connectivity index (χ0) is 14.9. The van der Waals surface area contributed by atoms with Gasteiger partial charge in [-0.2, -0.15) is 0 Å². The van der Waals surface area contributed by atoms with Crippen molar-refractivity contribution in [2.45, 2.75) is 12.6 Å².